The molecule has 0 saturated carbocycles. The zero-order valence-corrected chi connectivity index (χ0v) is 18.1. The van der Waals surface area contributed by atoms with Gasteiger partial charge in [0.05, 0.1) is 5.56 Å². The van der Waals surface area contributed by atoms with Crippen molar-refractivity contribution >= 4 is 23.0 Å². The number of hydrazine groups is 2. The SMILES string of the molecule is CN1CCN(c2ccc(-c3cnc(N)c(C4=NNNN4c4cccc(F)c4F)c3)cc2)CC1. The molecule has 0 amide bonds. The van der Waals surface area contributed by atoms with Gasteiger partial charge in [-0.05, 0) is 42.9 Å². The predicted octanol–water partition coefficient (Wildman–Crippen LogP) is 2.55. The van der Waals surface area contributed by atoms with E-state index in [0.717, 1.165) is 43.4 Å². The Labute approximate surface area is 190 Å². The average molecular weight is 450 g/mol. The highest BCUT2D eigenvalue weighted by atomic mass is 19.2. The van der Waals surface area contributed by atoms with E-state index in [1.165, 1.54) is 22.8 Å². The van der Waals surface area contributed by atoms with Crippen molar-refractivity contribution in [2.45, 2.75) is 0 Å². The number of nitrogen functional groups attached to an aromatic ring is 1. The molecular formula is C23H24F2N8. The first kappa shape index (κ1) is 21.1. The third kappa shape index (κ3) is 4.06. The highest BCUT2D eigenvalue weighted by Crippen LogP contribution is 2.29. The average Bonchev–Trinajstić information content (AvgIpc) is 3.31. The van der Waals surface area contributed by atoms with Crippen molar-refractivity contribution < 1.29 is 8.78 Å². The lowest BCUT2D eigenvalue weighted by molar-refractivity contribution is 0.313. The first-order valence-electron chi connectivity index (χ1n) is 10.6. The molecule has 3 heterocycles. The molecule has 1 fully saturated rings. The molecule has 170 valence electrons. The number of nitrogens with two attached hydrogens (primary N) is 1. The second-order valence-electron chi connectivity index (χ2n) is 8.06. The number of anilines is 3. The molecule has 2 aliphatic heterocycles. The lowest BCUT2D eigenvalue weighted by Gasteiger charge is -2.34. The molecule has 1 saturated heterocycles. The number of hydrogen-bond donors (Lipinski definition) is 3. The number of pyridine rings is 1. The van der Waals surface area contributed by atoms with Crippen LogP contribution in [0.2, 0.25) is 0 Å². The quantitative estimate of drug-likeness (QED) is 0.563. The van der Waals surface area contributed by atoms with Crippen LogP contribution in [-0.2, 0) is 0 Å². The molecule has 4 N–H and O–H groups in total. The van der Waals surface area contributed by atoms with Gasteiger partial charge in [-0.25, -0.2) is 24.3 Å². The normalized spacial score (nSPS) is 16.6. The van der Waals surface area contributed by atoms with Gasteiger partial charge in [-0.15, -0.1) is 10.6 Å². The highest BCUT2D eigenvalue weighted by molar-refractivity contribution is 6.13. The van der Waals surface area contributed by atoms with Crippen molar-refractivity contribution in [1.29, 1.82) is 0 Å². The summed E-state index contributed by atoms with van der Waals surface area (Å²) in [4.78, 5) is 9.01. The molecular weight excluding hydrogens is 426 g/mol. The smallest absolute Gasteiger partial charge is 0.184 e. The third-order valence-electron chi connectivity index (χ3n) is 5.94. The molecule has 0 spiro atoms. The maximum Gasteiger partial charge on any atom is 0.184 e. The topological polar surface area (TPSA) is 85.0 Å². The summed E-state index contributed by atoms with van der Waals surface area (Å²) in [6.45, 7) is 4.07. The van der Waals surface area contributed by atoms with Gasteiger partial charge in [-0.2, -0.15) is 0 Å². The van der Waals surface area contributed by atoms with Crippen LogP contribution in [-0.4, -0.2) is 48.9 Å². The van der Waals surface area contributed by atoms with Crippen LogP contribution in [0.3, 0.4) is 0 Å². The first-order chi connectivity index (χ1) is 16.0. The Morgan fingerprint density at radius 2 is 1.73 bits per heavy atom. The number of piperazine rings is 1. The van der Waals surface area contributed by atoms with Gasteiger partial charge in [0.15, 0.2) is 17.5 Å². The lowest BCUT2D eigenvalue weighted by atomic mass is 10.0. The number of rotatable bonds is 4. The molecule has 2 aliphatic rings. The summed E-state index contributed by atoms with van der Waals surface area (Å²) in [6, 6.07) is 14.0. The van der Waals surface area contributed by atoms with Gasteiger partial charge in [0.2, 0.25) is 0 Å². The summed E-state index contributed by atoms with van der Waals surface area (Å²) in [7, 11) is 2.13. The van der Waals surface area contributed by atoms with Gasteiger partial charge in [0.1, 0.15) is 11.5 Å². The number of halogens is 2. The van der Waals surface area contributed by atoms with E-state index in [4.69, 9.17) is 5.73 Å². The molecule has 1 aromatic heterocycles. The molecule has 0 unspecified atom stereocenters. The number of benzene rings is 2. The van der Waals surface area contributed by atoms with E-state index in [1.54, 1.807) is 6.20 Å². The predicted molar refractivity (Wildman–Crippen MR) is 125 cm³/mol. The second kappa shape index (κ2) is 8.64. The summed E-state index contributed by atoms with van der Waals surface area (Å²) in [6.07, 6.45) is 1.69. The zero-order valence-electron chi connectivity index (χ0n) is 18.1. The number of amidine groups is 1. The van der Waals surface area contributed by atoms with Crippen molar-refractivity contribution in [3.8, 4) is 11.1 Å². The molecule has 3 aromatic rings. The van der Waals surface area contributed by atoms with Gasteiger partial charge in [0.25, 0.3) is 0 Å². The number of hydrazone groups is 1. The number of likely N-dealkylation sites (N-methyl/N-ethyl adjacent to an activating group) is 1. The molecule has 0 radical (unpaired) electrons. The molecule has 0 atom stereocenters. The van der Waals surface area contributed by atoms with Gasteiger partial charge >= 0.3 is 0 Å². The van der Waals surface area contributed by atoms with Crippen molar-refractivity contribution in [3.05, 3.63) is 71.9 Å². The van der Waals surface area contributed by atoms with E-state index in [2.05, 4.69) is 50.1 Å². The van der Waals surface area contributed by atoms with Gasteiger partial charge in [0, 0.05) is 43.6 Å². The summed E-state index contributed by atoms with van der Waals surface area (Å²) in [5.41, 5.74) is 14.8. The molecule has 8 nitrogen and oxygen atoms in total. The van der Waals surface area contributed by atoms with Crippen molar-refractivity contribution in [2.24, 2.45) is 5.10 Å². The summed E-state index contributed by atoms with van der Waals surface area (Å²) >= 11 is 0. The van der Waals surface area contributed by atoms with Crippen LogP contribution < -0.4 is 26.7 Å². The largest absolute Gasteiger partial charge is 0.383 e. The van der Waals surface area contributed by atoms with Crippen LogP contribution in [0, 0.1) is 11.6 Å². The minimum absolute atomic E-state index is 0.0277. The molecule has 10 heteroatoms. The minimum atomic E-state index is -0.997. The lowest BCUT2D eigenvalue weighted by Crippen LogP contribution is -2.44. The molecule has 2 aromatic carbocycles. The van der Waals surface area contributed by atoms with E-state index < -0.39 is 11.6 Å². The Hall–Kier alpha value is -3.76. The monoisotopic (exact) mass is 450 g/mol. The third-order valence-corrected chi connectivity index (χ3v) is 5.94. The Kier molecular flexibility index (Phi) is 5.53. The number of nitrogens with one attached hydrogen (secondary N) is 2. The summed E-state index contributed by atoms with van der Waals surface area (Å²) in [5.74, 6) is -1.45. The van der Waals surface area contributed by atoms with Crippen LogP contribution in [0.15, 0.2) is 59.8 Å². The van der Waals surface area contributed by atoms with Crippen molar-refractivity contribution in [3.63, 3.8) is 0 Å². The van der Waals surface area contributed by atoms with Gasteiger partial charge in [-0.1, -0.05) is 18.2 Å². The maximum atomic E-state index is 14.4. The van der Waals surface area contributed by atoms with E-state index in [9.17, 15) is 8.78 Å². The van der Waals surface area contributed by atoms with Gasteiger partial charge in [-0.3, -0.25) is 0 Å². The first-order valence-corrected chi connectivity index (χ1v) is 10.6. The Bertz CT molecular complexity index is 1190. The molecule has 0 aliphatic carbocycles. The summed E-state index contributed by atoms with van der Waals surface area (Å²) < 4.78 is 28.2. The fourth-order valence-corrected chi connectivity index (χ4v) is 3.99. The Morgan fingerprint density at radius 1 is 0.970 bits per heavy atom. The number of nitrogens with zero attached hydrogens (tertiary/aromatic N) is 5. The molecule has 5 rings (SSSR count). The fraction of sp³-hybridized carbons (Fsp3) is 0.217. The fourth-order valence-electron chi connectivity index (χ4n) is 3.99. The van der Waals surface area contributed by atoms with Crippen molar-refractivity contribution in [2.75, 3.05) is 48.9 Å². The van der Waals surface area contributed by atoms with Crippen LogP contribution in [0.25, 0.3) is 11.1 Å². The zero-order chi connectivity index (χ0) is 22.9. The van der Waals surface area contributed by atoms with E-state index >= 15 is 0 Å². The van der Waals surface area contributed by atoms with Crippen molar-refractivity contribution in [1.82, 2.24) is 21.0 Å². The number of hydrogen-bond acceptors (Lipinski definition) is 8. The van der Waals surface area contributed by atoms with Gasteiger partial charge < -0.3 is 15.5 Å². The van der Waals surface area contributed by atoms with Crippen LogP contribution in [0.1, 0.15) is 5.56 Å². The maximum absolute atomic E-state index is 14.4. The Morgan fingerprint density at radius 3 is 2.48 bits per heavy atom. The minimum Gasteiger partial charge on any atom is -0.383 e. The number of aromatic nitrogens is 1. The van der Waals surface area contributed by atoms with Crippen LogP contribution in [0.5, 0.6) is 0 Å². The molecule has 33 heavy (non-hydrogen) atoms. The van der Waals surface area contributed by atoms with E-state index in [-0.39, 0.29) is 17.3 Å². The molecule has 0 bridgehead atoms. The Balaban J connectivity index is 1.43. The summed E-state index contributed by atoms with van der Waals surface area (Å²) in [5, 5.41) is 5.47. The highest BCUT2D eigenvalue weighted by Gasteiger charge is 2.27. The second-order valence-corrected chi connectivity index (χ2v) is 8.06. The van der Waals surface area contributed by atoms with Crippen LogP contribution >= 0.6 is 0 Å². The van der Waals surface area contributed by atoms with E-state index in [0.29, 0.717) is 5.56 Å². The standard InChI is InChI=1S/C23H24F2N8/c1-31-9-11-32(12-10-31)17-7-5-15(6-8-17)16-13-18(22(26)27-14-16)23-28-29-30-33(23)20-4-2-3-19(24)21(20)25/h2-8,13-14,29-30H,9-12H2,1H3,(H2,26,27). The van der Waals surface area contributed by atoms with E-state index in [1.807, 2.05) is 18.2 Å². The van der Waals surface area contributed by atoms with Crippen LogP contribution in [0.4, 0.5) is 26.0 Å².